The summed E-state index contributed by atoms with van der Waals surface area (Å²) in [7, 11) is 0. The topological polar surface area (TPSA) is 107 Å². The van der Waals surface area contributed by atoms with Gasteiger partial charge in [-0.15, -0.1) is 0 Å². The SMILES string of the molecule is Cc1cc(C(=O)N2CCC(O)(C(=O)O)CC2)c2[nH]ncc2c1. The number of rotatable bonds is 2. The molecule has 7 nitrogen and oxygen atoms in total. The van der Waals surface area contributed by atoms with Crippen LogP contribution in [-0.4, -0.2) is 55.9 Å². The molecule has 1 aliphatic heterocycles. The summed E-state index contributed by atoms with van der Waals surface area (Å²) >= 11 is 0. The lowest BCUT2D eigenvalue weighted by molar-refractivity contribution is -0.162. The largest absolute Gasteiger partial charge is 0.479 e. The lowest BCUT2D eigenvalue weighted by atomic mass is 9.91. The van der Waals surface area contributed by atoms with E-state index in [1.807, 2.05) is 13.0 Å². The number of hydrogen-bond donors (Lipinski definition) is 3. The number of nitrogens with zero attached hydrogens (tertiary/aromatic N) is 2. The Morgan fingerprint density at radius 2 is 2.00 bits per heavy atom. The fourth-order valence-electron chi connectivity index (χ4n) is 2.84. The van der Waals surface area contributed by atoms with E-state index in [1.165, 1.54) is 0 Å². The molecule has 0 spiro atoms. The van der Waals surface area contributed by atoms with Gasteiger partial charge in [0.1, 0.15) is 0 Å². The maximum Gasteiger partial charge on any atom is 0.335 e. The van der Waals surface area contributed by atoms with Crippen LogP contribution in [0.2, 0.25) is 0 Å². The van der Waals surface area contributed by atoms with Crippen molar-refractivity contribution in [2.75, 3.05) is 13.1 Å². The van der Waals surface area contributed by atoms with Gasteiger partial charge in [-0.2, -0.15) is 5.10 Å². The van der Waals surface area contributed by atoms with Crippen LogP contribution in [-0.2, 0) is 4.79 Å². The molecule has 1 fully saturated rings. The Morgan fingerprint density at radius 1 is 1.32 bits per heavy atom. The van der Waals surface area contributed by atoms with Crippen molar-refractivity contribution in [2.45, 2.75) is 25.4 Å². The number of hydrogen-bond acceptors (Lipinski definition) is 4. The molecule has 1 aliphatic rings. The molecule has 0 aliphatic carbocycles. The predicted molar refractivity (Wildman–Crippen MR) is 78.6 cm³/mol. The number of carbonyl (C=O) groups excluding carboxylic acids is 1. The van der Waals surface area contributed by atoms with E-state index in [1.54, 1.807) is 17.2 Å². The number of benzene rings is 1. The molecule has 1 amide bonds. The van der Waals surface area contributed by atoms with Gasteiger partial charge in [0.25, 0.3) is 5.91 Å². The standard InChI is InChI=1S/C15H17N3O4/c1-9-6-10-8-16-17-12(10)11(7-9)13(19)18-4-2-15(22,3-5-18)14(20)21/h6-8,22H,2-5H2,1H3,(H,16,17)(H,20,21). The van der Waals surface area contributed by atoms with Gasteiger partial charge in [-0.25, -0.2) is 4.79 Å². The molecule has 1 aromatic carbocycles. The number of carbonyl (C=O) groups is 2. The minimum Gasteiger partial charge on any atom is -0.479 e. The van der Waals surface area contributed by atoms with Gasteiger partial charge in [0, 0.05) is 31.3 Å². The van der Waals surface area contributed by atoms with E-state index in [-0.39, 0.29) is 31.8 Å². The molecule has 3 N–H and O–H groups in total. The first-order valence-corrected chi connectivity index (χ1v) is 7.09. The minimum atomic E-state index is -1.73. The van der Waals surface area contributed by atoms with Crippen molar-refractivity contribution in [3.8, 4) is 0 Å². The van der Waals surface area contributed by atoms with Crippen LogP contribution >= 0.6 is 0 Å². The molecule has 116 valence electrons. The van der Waals surface area contributed by atoms with Crippen molar-refractivity contribution in [3.63, 3.8) is 0 Å². The second-order valence-corrected chi connectivity index (χ2v) is 5.78. The monoisotopic (exact) mass is 303 g/mol. The lowest BCUT2D eigenvalue weighted by Gasteiger charge is -2.35. The highest BCUT2D eigenvalue weighted by Crippen LogP contribution is 2.26. The Bertz CT molecular complexity index is 744. The molecule has 3 rings (SSSR count). The van der Waals surface area contributed by atoms with Crippen LogP contribution in [0.5, 0.6) is 0 Å². The maximum absolute atomic E-state index is 12.7. The number of aryl methyl sites for hydroxylation is 1. The van der Waals surface area contributed by atoms with E-state index in [2.05, 4.69) is 10.2 Å². The van der Waals surface area contributed by atoms with Gasteiger partial charge in [-0.3, -0.25) is 9.89 Å². The smallest absolute Gasteiger partial charge is 0.335 e. The van der Waals surface area contributed by atoms with Gasteiger partial charge in [0.15, 0.2) is 5.60 Å². The Labute approximate surface area is 126 Å². The van der Waals surface area contributed by atoms with Gasteiger partial charge < -0.3 is 15.1 Å². The van der Waals surface area contributed by atoms with Crippen LogP contribution in [0.25, 0.3) is 10.9 Å². The summed E-state index contributed by atoms with van der Waals surface area (Å²) in [6, 6.07) is 3.73. The zero-order valence-corrected chi connectivity index (χ0v) is 12.2. The van der Waals surface area contributed by atoms with E-state index >= 15 is 0 Å². The average molecular weight is 303 g/mol. The van der Waals surface area contributed by atoms with Crippen LogP contribution < -0.4 is 0 Å². The summed E-state index contributed by atoms with van der Waals surface area (Å²) in [5.74, 6) is -1.41. The molecule has 1 saturated heterocycles. The normalized spacial score (nSPS) is 17.6. The molecular formula is C15H17N3O4. The first-order valence-electron chi connectivity index (χ1n) is 7.09. The highest BCUT2D eigenvalue weighted by atomic mass is 16.4. The molecule has 0 atom stereocenters. The average Bonchev–Trinajstić information content (AvgIpc) is 2.94. The number of carboxylic acids is 1. The highest BCUT2D eigenvalue weighted by Gasteiger charge is 2.40. The summed E-state index contributed by atoms with van der Waals surface area (Å²) in [5, 5.41) is 26.6. The number of carboxylic acid groups (broad SMARTS) is 1. The molecule has 2 aromatic rings. The number of aliphatic carboxylic acids is 1. The predicted octanol–water partition coefficient (Wildman–Crippen LogP) is 0.923. The number of aliphatic hydroxyl groups is 1. The van der Waals surface area contributed by atoms with E-state index < -0.39 is 11.6 Å². The molecule has 2 heterocycles. The summed E-state index contributed by atoms with van der Waals surface area (Å²) < 4.78 is 0. The molecule has 22 heavy (non-hydrogen) atoms. The van der Waals surface area contributed by atoms with Crippen LogP contribution in [0.3, 0.4) is 0 Å². The molecule has 7 heteroatoms. The molecular weight excluding hydrogens is 286 g/mol. The molecule has 0 bridgehead atoms. The van der Waals surface area contributed by atoms with Crippen LogP contribution in [0.15, 0.2) is 18.3 Å². The van der Waals surface area contributed by atoms with Crippen molar-refractivity contribution >= 4 is 22.8 Å². The van der Waals surface area contributed by atoms with E-state index in [0.29, 0.717) is 11.1 Å². The molecule has 0 radical (unpaired) electrons. The number of nitrogens with one attached hydrogen (secondary N) is 1. The number of H-pyrrole nitrogens is 1. The third kappa shape index (κ3) is 2.33. The van der Waals surface area contributed by atoms with Gasteiger partial charge in [-0.1, -0.05) is 0 Å². The zero-order valence-electron chi connectivity index (χ0n) is 12.2. The Kier molecular flexibility index (Phi) is 3.37. The number of likely N-dealkylation sites (tertiary alicyclic amines) is 1. The van der Waals surface area contributed by atoms with Crippen LogP contribution in [0.4, 0.5) is 0 Å². The summed E-state index contributed by atoms with van der Waals surface area (Å²) in [6.07, 6.45) is 1.73. The summed E-state index contributed by atoms with van der Waals surface area (Å²) in [4.78, 5) is 25.3. The second-order valence-electron chi connectivity index (χ2n) is 5.78. The first-order chi connectivity index (χ1) is 10.4. The second kappa shape index (κ2) is 5.10. The number of aromatic nitrogens is 2. The summed E-state index contributed by atoms with van der Waals surface area (Å²) in [5.41, 5.74) is 0.423. The van der Waals surface area contributed by atoms with Crippen molar-refractivity contribution in [1.29, 1.82) is 0 Å². The molecule has 1 aromatic heterocycles. The van der Waals surface area contributed by atoms with Crippen LogP contribution in [0, 0.1) is 6.92 Å². The third-order valence-electron chi connectivity index (χ3n) is 4.20. The Morgan fingerprint density at radius 3 is 2.64 bits per heavy atom. The number of amides is 1. The minimum absolute atomic E-state index is 0.0337. The maximum atomic E-state index is 12.7. The van der Waals surface area contributed by atoms with E-state index in [9.17, 15) is 14.7 Å². The van der Waals surface area contributed by atoms with Crippen molar-refractivity contribution < 1.29 is 19.8 Å². The van der Waals surface area contributed by atoms with Crippen LogP contribution in [0.1, 0.15) is 28.8 Å². The first kappa shape index (κ1) is 14.5. The number of fused-ring (bicyclic) bond motifs is 1. The fraction of sp³-hybridized carbons (Fsp3) is 0.400. The molecule has 0 unspecified atom stereocenters. The summed E-state index contributed by atoms with van der Waals surface area (Å²) in [6.45, 7) is 2.33. The fourth-order valence-corrected chi connectivity index (χ4v) is 2.84. The van der Waals surface area contributed by atoms with E-state index in [4.69, 9.17) is 5.11 Å². The van der Waals surface area contributed by atoms with Gasteiger partial charge in [-0.05, 0) is 24.6 Å². The van der Waals surface area contributed by atoms with Crippen molar-refractivity contribution in [1.82, 2.24) is 15.1 Å². The lowest BCUT2D eigenvalue weighted by Crippen LogP contribution is -2.50. The zero-order chi connectivity index (χ0) is 15.9. The highest BCUT2D eigenvalue weighted by molar-refractivity contribution is 6.05. The number of aromatic amines is 1. The van der Waals surface area contributed by atoms with Crippen molar-refractivity contribution in [3.05, 3.63) is 29.5 Å². The Balaban J connectivity index is 1.86. The van der Waals surface area contributed by atoms with Gasteiger partial charge >= 0.3 is 5.97 Å². The number of piperidine rings is 1. The quantitative estimate of drug-likeness (QED) is 0.765. The van der Waals surface area contributed by atoms with Crippen molar-refractivity contribution in [2.24, 2.45) is 0 Å². The van der Waals surface area contributed by atoms with Gasteiger partial charge in [0.2, 0.25) is 0 Å². The van der Waals surface area contributed by atoms with Gasteiger partial charge in [0.05, 0.1) is 17.3 Å². The molecule has 0 saturated carbocycles. The Hall–Kier alpha value is -2.41. The van der Waals surface area contributed by atoms with E-state index in [0.717, 1.165) is 10.9 Å². The third-order valence-corrected chi connectivity index (χ3v) is 4.20.